The summed E-state index contributed by atoms with van der Waals surface area (Å²) < 4.78 is 39.2. The average Bonchev–Trinajstić information content (AvgIpc) is 3.43. The molecule has 0 radical (unpaired) electrons. The maximum absolute atomic E-state index is 13.1. The standard InChI is InChI=1S/C33H29F3N6O2/c1-41-14-16-42(17-15-41)27-11-8-21(9-12-27)31(43)38-30-28-13-10-23(19-29(28)39-40-30)22-4-2-5-24(18-22)32(44)37-26-7-3-6-25(20-26)33(34,35)36/h2-13,18-20H,14-17H2,1H3,(H,37,44)(H2,38,39,40,43). The molecule has 44 heavy (non-hydrogen) atoms. The van der Waals surface area contributed by atoms with Gasteiger partial charge in [-0.2, -0.15) is 18.3 Å². The first kappa shape index (κ1) is 28.9. The highest BCUT2D eigenvalue weighted by Crippen LogP contribution is 2.31. The lowest BCUT2D eigenvalue weighted by Crippen LogP contribution is -2.44. The van der Waals surface area contributed by atoms with Crippen LogP contribution in [0.2, 0.25) is 0 Å². The molecule has 0 atom stereocenters. The van der Waals surface area contributed by atoms with Crippen LogP contribution in [0, 0.1) is 0 Å². The van der Waals surface area contributed by atoms with Crippen LogP contribution in [0.1, 0.15) is 26.3 Å². The molecule has 224 valence electrons. The first-order valence-corrected chi connectivity index (χ1v) is 14.1. The van der Waals surface area contributed by atoms with Gasteiger partial charge in [0.15, 0.2) is 5.82 Å². The van der Waals surface area contributed by atoms with Gasteiger partial charge in [0.1, 0.15) is 0 Å². The van der Waals surface area contributed by atoms with Crippen molar-refractivity contribution < 1.29 is 22.8 Å². The highest BCUT2D eigenvalue weighted by atomic mass is 19.4. The van der Waals surface area contributed by atoms with Crippen LogP contribution in [-0.4, -0.2) is 60.1 Å². The molecule has 1 saturated heterocycles. The molecule has 5 aromatic rings. The number of benzene rings is 4. The van der Waals surface area contributed by atoms with Crippen LogP contribution >= 0.6 is 0 Å². The predicted octanol–water partition coefficient (Wildman–Crippen LogP) is 6.51. The normalized spacial score (nSPS) is 14.0. The SMILES string of the molecule is CN1CCN(c2ccc(C(=O)Nc3n[nH]c4cc(-c5cccc(C(=O)Nc6cccc(C(F)(F)F)c6)c5)ccc34)cc2)CC1. The highest BCUT2D eigenvalue weighted by molar-refractivity contribution is 6.08. The van der Waals surface area contributed by atoms with E-state index in [1.165, 1.54) is 12.1 Å². The van der Waals surface area contributed by atoms with Gasteiger partial charge >= 0.3 is 6.18 Å². The Bertz CT molecular complexity index is 1830. The molecule has 1 fully saturated rings. The summed E-state index contributed by atoms with van der Waals surface area (Å²) in [5, 5.41) is 13.4. The topological polar surface area (TPSA) is 93.4 Å². The first-order valence-electron chi connectivity index (χ1n) is 14.1. The fraction of sp³-hybridized carbons (Fsp3) is 0.182. The van der Waals surface area contributed by atoms with E-state index in [1.807, 2.05) is 48.5 Å². The van der Waals surface area contributed by atoms with E-state index in [4.69, 9.17) is 0 Å². The Morgan fingerprint density at radius 2 is 1.48 bits per heavy atom. The number of carbonyl (C=O) groups is 2. The molecule has 0 aliphatic carbocycles. The zero-order chi connectivity index (χ0) is 30.8. The molecule has 0 unspecified atom stereocenters. The number of halogens is 3. The molecule has 6 rings (SSSR count). The molecular weight excluding hydrogens is 569 g/mol. The quantitative estimate of drug-likeness (QED) is 0.207. The van der Waals surface area contributed by atoms with Crippen molar-refractivity contribution in [2.45, 2.75) is 6.18 Å². The molecule has 4 aromatic carbocycles. The van der Waals surface area contributed by atoms with Gasteiger partial charge in [0.2, 0.25) is 0 Å². The number of fused-ring (bicyclic) bond motifs is 1. The third-order valence-corrected chi connectivity index (χ3v) is 7.70. The third-order valence-electron chi connectivity index (χ3n) is 7.70. The molecule has 2 amide bonds. The van der Waals surface area contributed by atoms with Crippen LogP contribution in [0.5, 0.6) is 0 Å². The zero-order valence-electron chi connectivity index (χ0n) is 23.8. The molecular formula is C33H29F3N6O2. The van der Waals surface area contributed by atoms with Crippen LogP contribution < -0.4 is 15.5 Å². The maximum Gasteiger partial charge on any atom is 0.416 e. The van der Waals surface area contributed by atoms with Crippen LogP contribution in [-0.2, 0) is 6.18 Å². The van der Waals surface area contributed by atoms with Gasteiger partial charge in [0.05, 0.1) is 11.1 Å². The minimum absolute atomic E-state index is 0.0506. The second kappa shape index (κ2) is 11.8. The monoisotopic (exact) mass is 598 g/mol. The number of nitrogens with one attached hydrogen (secondary N) is 3. The lowest BCUT2D eigenvalue weighted by atomic mass is 10.0. The average molecular weight is 599 g/mol. The second-order valence-electron chi connectivity index (χ2n) is 10.7. The summed E-state index contributed by atoms with van der Waals surface area (Å²) in [5.74, 6) is -0.406. The van der Waals surface area contributed by atoms with Gasteiger partial charge in [-0.25, -0.2) is 0 Å². The number of carbonyl (C=O) groups excluding carboxylic acids is 2. The molecule has 3 N–H and O–H groups in total. The third kappa shape index (κ3) is 6.28. The number of hydrogen-bond donors (Lipinski definition) is 3. The fourth-order valence-corrected chi connectivity index (χ4v) is 5.18. The number of alkyl halides is 3. The number of hydrogen-bond acceptors (Lipinski definition) is 5. The number of aromatic amines is 1. The van der Waals surface area contributed by atoms with E-state index in [-0.39, 0.29) is 17.2 Å². The number of rotatable bonds is 6. The van der Waals surface area contributed by atoms with E-state index in [1.54, 1.807) is 18.2 Å². The molecule has 1 aliphatic heterocycles. The Morgan fingerprint density at radius 1 is 0.773 bits per heavy atom. The Kier molecular flexibility index (Phi) is 7.79. The Morgan fingerprint density at radius 3 is 2.23 bits per heavy atom. The van der Waals surface area contributed by atoms with Gasteiger partial charge in [0, 0.05) is 54.1 Å². The predicted molar refractivity (Wildman–Crippen MR) is 165 cm³/mol. The van der Waals surface area contributed by atoms with E-state index < -0.39 is 17.6 Å². The largest absolute Gasteiger partial charge is 0.416 e. The lowest BCUT2D eigenvalue weighted by Gasteiger charge is -2.34. The summed E-state index contributed by atoms with van der Waals surface area (Å²) in [6, 6.07) is 24.4. The number of piperazine rings is 1. The van der Waals surface area contributed by atoms with E-state index in [0.717, 1.165) is 60.5 Å². The van der Waals surface area contributed by atoms with Crippen molar-refractivity contribution in [1.82, 2.24) is 15.1 Å². The lowest BCUT2D eigenvalue weighted by molar-refractivity contribution is -0.137. The number of likely N-dealkylation sites (N-methyl/N-ethyl adjacent to an activating group) is 1. The van der Waals surface area contributed by atoms with Crippen LogP contribution in [0.3, 0.4) is 0 Å². The summed E-state index contributed by atoms with van der Waals surface area (Å²) in [4.78, 5) is 30.4. The van der Waals surface area contributed by atoms with Gasteiger partial charge in [-0.1, -0.05) is 24.3 Å². The van der Waals surface area contributed by atoms with E-state index in [0.29, 0.717) is 16.9 Å². The van der Waals surface area contributed by atoms with Crippen molar-refractivity contribution in [3.63, 3.8) is 0 Å². The minimum Gasteiger partial charge on any atom is -0.369 e. The van der Waals surface area contributed by atoms with Crippen LogP contribution in [0.25, 0.3) is 22.0 Å². The van der Waals surface area contributed by atoms with Crippen molar-refractivity contribution >= 4 is 39.9 Å². The summed E-state index contributed by atoms with van der Waals surface area (Å²) >= 11 is 0. The Balaban J connectivity index is 1.14. The second-order valence-corrected chi connectivity index (χ2v) is 10.7. The molecule has 0 saturated carbocycles. The van der Waals surface area contributed by atoms with Gasteiger partial charge in [-0.05, 0) is 84.9 Å². The van der Waals surface area contributed by atoms with E-state index in [2.05, 4.69) is 37.7 Å². The molecule has 11 heteroatoms. The van der Waals surface area contributed by atoms with E-state index in [9.17, 15) is 22.8 Å². The number of anilines is 3. The fourth-order valence-electron chi connectivity index (χ4n) is 5.18. The Hall–Kier alpha value is -5.16. The number of aromatic nitrogens is 2. The molecule has 1 aliphatic rings. The van der Waals surface area contributed by atoms with Gasteiger partial charge in [-0.15, -0.1) is 0 Å². The van der Waals surface area contributed by atoms with Crippen LogP contribution in [0.4, 0.5) is 30.4 Å². The number of H-pyrrole nitrogens is 1. The minimum atomic E-state index is -4.51. The zero-order valence-corrected chi connectivity index (χ0v) is 23.8. The first-order chi connectivity index (χ1) is 21.1. The molecule has 0 bridgehead atoms. The number of nitrogens with zero attached hydrogens (tertiary/aromatic N) is 3. The Labute approximate surface area is 251 Å². The number of amides is 2. The summed E-state index contributed by atoms with van der Waals surface area (Å²) in [7, 11) is 2.11. The maximum atomic E-state index is 13.1. The summed E-state index contributed by atoms with van der Waals surface area (Å²) in [6.07, 6.45) is -4.51. The van der Waals surface area contributed by atoms with Gasteiger partial charge < -0.3 is 20.4 Å². The van der Waals surface area contributed by atoms with Crippen LogP contribution in [0.15, 0.2) is 91.0 Å². The van der Waals surface area contributed by atoms with E-state index >= 15 is 0 Å². The van der Waals surface area contributed by atoms with Crippen molar-refractivity contribution in [3.8, 4) is 11.1 Å². The van der Waals surface area contributed by atoms with Crippen molar-refractivity contribution in [3.05, 3.63) is 108 Å². The van der Waals surface area contributed by atoms with Gasteiger partial charge in [-0.3, -0.25) is 14.7 Å². The smallest absolute Gasteiger partial charge is 0.369 e. The highest BCUT2D eigenvalue weighted by Gasteiger charge is 2.30. The van der Waals surface area contributed by atoms with Crippen molar-refractivity contribution in [2.75, 3.05) is 48.8 Å². The summed E-state index contributed by atoms with van der Waals surface area (Å²) in [6.45, 7) is 3.89. The molecule has 1 aromatic heterocycles. The molecule has 2 heterocycles. The van der Waals surface area contributed by atoms with Crippen molar-refractivity contribution in [1.29, 1.82) is 0 Å². The molecule has 0 spiro atoms. The summed E-state index contributed by atoms with van der Waals surface area (Å²) in [5.41, 5.74) is 3.30. The molecule has 8 nitrogen and oxygen atoms in total. The van der Waals surface area contributed by atoms with Gasteiger partial charge in [0.25, 0.3) is 11.8 Å². The van der Waals surface area contributed by atoms with Crippen molar-refractivity contribution in [2.24, 2.45) is 0 Å².